The number of hydrogen-bond donors (Lipinski definition) is 3. The van der Waals surface area contributed by atoms with Crippen LogP contribution in [0.1, 0.15) is 12.8 Å². The van der Waals surface area contributed by atoms with Crippen LogP contribution in [0.2, 0.25) is 0 Å². The van der Waals surface area contributed by atoms with Crippen molar-refractivity contribution in [2.24, 2.45) is 5.73 Å². The minimum Gasteiger partial charge on any atom is -0.481 e. The normalized spacial score (nSPS) is 12.8. The van der Waals surface area contributed by atoms with E-state index in [1.165, 1.54) is 24.3 Å². The minimum atomic E-state index is -3.90. The molecule has 7 nitrogen and oxygen atoms in total. The molecule has 1 rings (SSSR count). The monoisotopic (exact) mass is 286 g/mol. The van der Waals surface area contributed by atoms with Crippen molar-refractivity contribution in [2.45, 2.75) is 23.8 Å². The lowest BCUT2D eigenvalue weighted by Crippen LogP contribution is -2.44. The summed E-state index contributed by atoms with van der Waals surface area (Å²) in [5.41, 5.74) is 5.05. The molecule has 104 valence electrons. The van der Waals surface area contributed by atoms with E-state index >= 15 is 0 Å². The second-order valence-electron chi connectivity index (χ2n) is 3.82. The first-order valence-electron chi connectivity index (χ1n) is 5.41. The lowest BCUT2D eigenvalue weighted by molar-refractivity contribution is -0.137. The molecule has 1 amide bonds. The summed E-state index contributed by atoms with van der Waals surface area (Å²) in [6.45, 7) is 0. The minimum absolute atomic E-state index is 0.0171. The van der Waals surface area contributed by atoms with Crippen molar-refractivity contribution in [3.8, 4) is 0 Å². The molecule has 0 bridgehead atoms. The average molecular weight is 286 g/mol. The van der Waals surface area contributed by atoms with Gasteiger partial charge in [0.1, 0.15) is 6.04 Å². The molecule has 0 aromatic heterocycles. The van der Waals surface area contributed by atoms with Crippen LogP contribution < -0.4 is 10.5 Å². The fourth-order valence-electron chi connectivity index (χ4n) is 1.38. The highest BCUT2D eigenvalue weighted by Gasteiger charge is 2.24. The molecule has 0 fully saturated rings. The van der Waals surface area contributed by atoms with E-state index in [1.54, 1.807) is 6.07 Å². The topological polar surface area (TPSA) is 127 Å². The summed E-state index contributed by atoms with van der Waals surface area (Å²) in [5, 5.41) is 8.53. The van der Waals surface area contributed by atoms with Gasteiger partial charge in [0.25, 0.3) is 0 Å². The maximum Gasteiger partial charge on any atom is 0.303 e. The summed E-state index contributed by atoms with van der Waals surface area (Å²) in [4.78, 5) is 21.5. The van der Waals surface area contributed by atoms with Crippen molar-refractivity contribution in [1.82, 2.24) is 4.72 Å². The van der Waals surface area contributed by atoms with Crippen molar-refractivity contribution < 1.29 is 23.1 Å². The van der Waals surface area contributed by atoms with E-state index in [1.807, 2.05) is 0 Å². The van der Waals surface area contributed by atoms with Crippen molar-refractivity contribution in [1.29, 1.82) is 0 Å². The number of primary amides is 1. The van der Waals surface area contributed by atoms with Crippen LogP contribution in [0.5, 0.6) is 0 Å². The van der Waals surface area contributed by atoms with E-state index in [9.17, 15) is 18.0 Å². The van der Waals surface area contributed by atoms with Gasteiger partial charge in [-0.3, -0.25) is 9.59 Å². The number of amides is 1. The first-order valence-corrected chi connectivity index (χ1v) is 6.90. The third kappa shape index (κ3) is 4.68. The standard InChI is InChI=1S/C11H14N2O5S/c12-11(16)9(6-7-10(14)15)13-19(17,18)8-4-2-1-3-5-8/h1-5,9,13H,6-7H2,(H2,12,16)(H,14,15). The molecule has 0 aliphatic heterocycles. The van der Waals surface area contributed by atoms with Gasteiger partial charge in [-0.05, 0) is 18.6 Å². The van der Waals surface area contributed by atoms with Crippen LogP contribution in [0.15, 0.2) is 35.2 Å². The van der Waals surface area contributed by atoms with Gasteiger partial charge in [-0.15, -0.1) is 0 Å². The van der Waals surface area contributed by atoms with Crippen molar-refractivity contribution in [3.63, 3.8) is 0 Å². The van der Waals surface area contributed by atoms with Gasteiger partial charge in [0.2, 0.25) is 15.9 Å². The fourth-order valence-corrected chi connectivity index (χ4v) is 2.64. The van der Waals surface area contributed by atoms with Crippen LogP contribution in [-0.2, 0) is 19.6 Å². The van der Waals surface area contributed by atoms with Gasteiger partial charge in [0.15, 0.2) is 0 Å². The predicted octanol–water partition coefficient (Wildman–Crippen LogP) is -0.316. The van der Waals surface area contributed by atoms with E-state index in [2.05, 4.69) is 4.72 Å². The molecular formula is C11H14N2O5S. The first-order chi connectivity index (χ1) is 8.83. The summed E-state index contributed by atoms with van der Waals surface area (Å²) in [5.74, 6) is -2.05. The van der Waals surface area contributed by atoms with Gasteiger partial charge in [0.05, 0.1) is 4.90 Å². The van der Waals surface area contributed by atoms with Crippen LogP contribution in [0.4, 0.5) is 0 Å². The Morgan fingerprint density at radius 1 is 1.26 bits per heavy atom. The van der Waals surface area contributed by atoms with Gasteiger partial charge < -0.3 is 10.8 Å². The van der Waals surface area contributed by atoms with E-state index in [-0.39, 0.29) is 17.7 Å². The molecule has 0 spiro atoms. The molecule has 1 unspecified atom stereocenters. The SMILES string of the molecule is NC(=O)C(CCC(=O)O)NS(=O)(=O)c1ccccc1. The number of carboxylic acid groups (broad SMARTS) is 1. The lowest BCUT2D eigenvalue weighted by Gasteiger charge is -2.14. The molecule has 1 aromatic carbocycles. The Morgan fingerprint density at radius 2 is 1.84 bits per heavy atom. The average Bonchev–Trinajstić information content (AvgIpc) is 2.35. The highest BCUT2D eigenvalue weighted by Crippen LogP contribution is 2.09. The zero-order valence-corrected chi connectivity index (χ0v) is 10.8. The van der Waals surface area contributed by atoms with Gasteiger partial charge in [-0.1, -0.05) is 18.2 Å². The molecule has 19 heavy (non-hydrogen) atoms. The molecule has 0 radical (unpaired) electrons. The molecule has 0 heterocycles. The molecule has 1 atom stereocenters. The quantitative estimate of drug-likeness (QED) is 0.633. The zero-order chi connectivity index (χ0) is 14.5. The Morgan fingerprint density at radius 3 is 2.32 bits per heavy atom. The highest BCUT2D eigenvalue weighted by molar-refractivity contribution is 7.89. The molecule has 0 aliphatic carbocycles. The Bertz CT molecular complexity index is 556. The Balaban J connectivity index is 2.84. The first kappa shape index (κ1) is 15.1. The number of carboxylic acids is 1. The third-order valence-corrected chi connectivity index (χ3v) is 3.83. The molecule has 0 saturated carbocycles. The number of nitrogens with one attached hydrogen (secondary N) is 1. The molecule has 0 aliphatic rings. The van der Waals surface area contributed by atoms with E-state index in [0.717, 1.165) is 0 Å². The van der Waals surface area contributed by atoms with Crippen molar-refractivity contribution >= 4 is 21.9 Å². The van der Waals surface area contributed by atoms with Crippen LogP contribution >= 0.6 is 0 Å². The highest BCUT2D eigenvalue weighted by atomic mass is 32.2. The van der Waals surface area contributed by atoms with Crippen LogP contribution in [0, 0.1) is 0 Å². The molecule has 1 aromatic rings. The number of carbonyl (C=O) groups excluding carboxylic acids is 1. The zero-order valence-electron chi connectivity index (χ0n) is 9.94. The van der Waals surface area contributed by atoms with Crippen LogP contribution in [0.3, 0.4) is 0 Å². The van der Waals surface area contributed by atoms with Crippen LogP contribution in [0.25, 0.3) is 0 Å². The summed E-state index contributed by atoms with van der Waals surface area (Å²) in [6.07, 6.45) is -0.554. The van der Waals surface area contributed by atoms with Gasteiger partial charge in [-0.2, -0.15) is 4.72 Å². The summed E-state index contributed by atoms with van der Waals surface area (Å²) in [6, 6.07) is 6.18. The van der Waals surface area contributed by atoms with E-state index in [4.69, 9.17) is 10.8 Å². The number of benzene rings is 1. The summed E-state index contributed by atoms with van der Waals surface area (Å²) >= 11 is 0. The summed E-state index contributed by atoms with van der Waals surface area (Å²) in [7, 11) is -3.90. The third-order valence-electron chi connectivity index (χ3n) is 2.34. The van der Waals surface area contributed by atoms with Gasteiger partial charge in [-0.25, -0.2) is 8.42 Å². The van der Waals surface area contributed by atoms with Crippen molar-refractivity contribution in [3.05, 3.63) is 30.3 Å². The number of nitrogens with two attached hydrogens (primary N) is 1. The van der Waals surface area contributed by atoms with Gasteiger partial charge >= 0.3 is 5.97 Å². The largest absolute Gasteiger partial charge is 0.481 e. The summed E-state index contributed by atoms with van der Waals surface area (Å²) < 4.78 is 25.9. The van der Waals surface area contributed by atoms with E-state index in [0.29, 0.717) is 0 Å². The fraction of sp³-hybridized carbons (Fsp3) is 0.273. The maximum absolute atomic E-state index is 11.9. The second-order valence-corrected chi connectivity index (χ2v) is 5.54. The number of rotatable bonds is 7. The maximum atomic E-state index is 11.9. The predicted molar refractivity (Wildman–Crippen MR) is 66.6 cm³/mol. The number of sulfonamides is 1. The molecular weight excluding hydrogens is 272 g/mol. The smallest absolute Gasteiger partial charge is 0.303 e. The number of carbonyl (C=O) groups is 2. The van der Waals surface area contributed by atoms with E-state index < -0.39 is 27.9 Å². The second kappa shape index (κ2) is 6.30. The Hall–Kier alpha value is -1.93. The number of aliphatic carboxylic acids is 1. The molecule has 8 heteroatoms. The molecule has 0 saturated heterocycles. The van der Waals surface area contributed by atoms with Crippen molar-refractivity contribution in [2.75, 3.05) is 0 Å². The van der Waals surface area contributed by atoms with Crippen LogP contribution in [-0.4, -0.2) is 31.4 Å². The van der Waals surface area contributed by atoms with Gasteiger partial charge in [0, 0.05) is 6.42 Å². The lowest BCUT2D eigenvalue weighted by atomic mass is 10.1. The number of hydrogen-bond acceptors (Lipinski definition) is 4. The Labute approximate surface area is 110 Å². The Kier molecular flexibility index (Phi) is 5.02. The molecule has 4 N–H and O–H groups in total.